The van der Waals surface area contributed by atoms with Crippen LogP contribution in [0.4, 0.5) is 0 Å². The van der Waals surface area contributed by atoms with Crippen molar-refractivity contribution in [2.45, 2.75) is 24.8 Å². The van der Waals surface area contributed by atoms with E-state index in [1.165, 1.54) is 0 Å². The van der Waals surface area contributed by atoms with Crippen molar-refractivity contribution in [2.75, 3.05) is 37.0 Å². The molecule has 2 aliphatic heterocycles. The standard InChI is InChI=1S/C13H20N4O2S2/c1-2-16-9-14-15-12(16)10-7-17(3-4-19-10)13(18)11-8-20-5-6-21-11/h9-11H,2-8H2,1H3/t10-,11+/m1/s1. The van der Waals surface area contributed by atoms with Gasteiger partial charge in [0.2, 0.25) is 5.91 Å². The third kappa shape index (κ3) is 3.37. The second-order valence-corrected chi connectivity index (χ2v) is 7.51. The van der Waals surface area contributed by atoms with Crippen molar-refractivity contribution in [1.82, 2.24) is 19.7 Å². The molecule has 0 saturated carbocycles. The van der Waals surface area contributed by atoms with Gasteiger partial charge in [-0.1, -0.05) is 0 Å². The number of morpholine rings is 1. The molecular formula is C13H20N4O2S2. The lowest BCUT2D eigenvalue weighted by molar-refractivity contribution is -0.138. The molecule has 0 aliphatic carbocycles. The number of aryl methyl sites for hydroxylation is 1. The van der Waals surface area contributed by atoms with Gasteiger partial charge in [0.15, 0.2) is 5.82 Å². The fourth-order valence-electron chi connectivity index (χ4n) is 2.60. The molecular weight excluding hydrogens is 308 g/mol. The molecule has 3 rings (SSSR count). The van der Waals surface area contributed by atoms with Gasteiger partial charge in [-0.05, 0) is 6.92 Å². The topological polar surface area (TPSA) is 60.2 Å². The minimum absolute atomic E-state index is 0.103. The Hall–Kier alpha value is -0.730. The number of carbonyl (C=O) groups is 1. The van der Waals surface area contributed by atoms with Crippen LogP contribution in [0, 0.1) is 0 Å². The first kappa shape index (κ1) is 15.2. The SMILES string of the molecule is CCn1cnnc1[C@H]1CN(C(=O)[C@@H]2CSCCS2)CCO1. The quantitative estimate of drug-likeness (QED) is 0.826. The molecule has 3 heterocycles. The van der Waals surface area contributed by atoms with E-state index in [2.05, 4.69) is 17.1 Å². The molecule has 0 unspecified atom stereocenters. The molecule has 1 aromatic rings. The fraction of sp³-hybridized carbons (Fsp3) is 0.769. The lowest BCUT2D eigenvalue weighted by atomic mass is 10.2. The van der Waals surface area contributed by atoms with Gasteiger partial charge in [0.05, 0.1) is 18.4 Å². The molecule has 6 nitrogen and oxygen atoms in total. The maximum atomic E-state index is 12.6. The van der Waals surface area contributed by atoms with Crippen LogP contribution < -0.4 is 0 Å². The minimum Gasteiger partial charge on any atom is -0.366 e. The van der Waals surface area contributed by atoms with Gasteiger partial charge in [-0.15, -0.1) is 22.0 Å². The van der Waals surface area contributed by atoms with Crippen LogP contribution in [0.3, 0.4) is 0 Å². The molecule has 0 aromatic carbocycles. The highest BCUT2D eigenvalue weighted by atomic mass is 32.2. The van der Waals surface area contributed by atoms with Gasteiger partial charge in [-0.25, -0.2) is 0 Å². The average molecular weight is 328 g/mol. The van der Waals surface area contributed by atoms with Crippen LogP contribution in [-0.2, 0) is 16.1 Å². The molecule has 0 bridgehead atoms. The van der Waals surface area contributed by atoms with Crippen molar-refractivity contribution >= 4 is 29.4 Å². The van der Waals surface area contributed by atoms with Gasteiger partial charge in [0.1, 0.15) is 12.4 Å². The molecule has 21 heavy (non-hydrogen) atoms. The highest BCUT2D eigenvalue weighted by Gasteiger charge is 2.32. The molecule has 2 aliphatic rings. The first-order valence-corrected chi connectivity index (χ1v) is 9.47. The summed E-state index contributed by atoms with van der Waals surface area (Å²) in [5.41, 5.74) is 0. The van der Waals surface area contributed by atoms with Gasteiger partial charge >= 0.3 is 0 Å². The normalized spacial score (nSPS) is 26.8. The smallest absolute Gasteiger partial charge is 0.236 e. The fourth-order valence-corrected chi connectivity index (χ4v) is 5.23. The molecule has 8 heteroatoms. The predicted octanol–water partition coefficient (Wildman–Crippen LogP) is 1.05. The third-order valence-electron chi connectivity index (χ3n) is 3.74. The Morgan fingerprint density at radius 1 is 1.52 bits per heavy atom. The van der Waals surface area contributed by atoms with Crippen molar-refractivity contribution < 1.29 is 9.53 Å². The monoisotopic (exact) mass is 328 g/mol. The molecule has 2 fully saturated rings. The van der Waals surface area contributed by atoms with E-state index in [1.807, 2.05) is 21.2 Å². The molecule has 0 spiro atoms. The Labute approximate surface area is 133 Å². The molecule has 2 saturated heterocycles. The van der Waals surface area contributed by atoms with Gasteiger partial charge < -0.3 is 14.2 Å². The second-order valence-electron chi connectivity index (χ2n) is 5.05. The summed E-state index contributed by atoms with van der Waals surface area (Å²) in [5.74, 6) is 4.22. The van der Waals surface area contributed by atoms with Gasteiger partial charge in [-0.3, -0.25) is 4.79 Å². The summed E-state index contributed by atoms with van der Waals surface area (Å²) in [6.07, 6.45) is 1.55. The summed E-state index contributed by atoms with van der Waals surface area (Å²) in [6.45, 7) is 4.69. The molecule has 116 valence electrons. The number of hydrogen-bond donors (Lipinski definition) is 0. The van der Waals surface area contributed by atoms with Crippen LogP contribution in [0.5, 0.6) is 0 Å². The molecule has 0 radical (unpaired) electrons. The van der Waals surface area contributed by atoms with Gasteiger partial charge in [0, 0.05) is 30.3 Å². The summed E-state index contributed by atoms with van der Waals surface area (Å²) < 4.78 is 7.78. The first-order chi connectivity index (χ1) is 10.3. The predicted molar refractivity (Wildman–Crippen MR) is 84.5 cm³/mol. The van der Waals surface area contributed by atoms with Crippen molar-refractivity contribution in [3.63, 3.8) is 0 Å². The maximum absolute atomic E-state index is 12.6. The Morgan fingerprint density at radius 2 is 2.43 bits per heavy atom. The largest absolute Gasteiger partial charge is 0.366 e. The van der Waals surface area contributed by atoms with E-state index in [0.29, 0.717) is 19.7 Å². The minimum atomic E-state index is -0.161. The van der Waals surface area contributed by atoms with E-state index in [9.17, 15) is 4.79 Å². The number of aromatic nitrogens is 3. The zero-order valence-electron chi connectivity index (χ0n) is 12.1. The number of rotatable bonds is 3. The van der Waals surface area contributed by atoms with E-state index in [4.69, 9.17) is 4.74 Å². The van der Waals surface area contributed by atoms with E-state index in [0.717, 1.165) is 29.6 Å². The van der Waals surface area contributed by atoms with Gasteiger partial charge in [0.25, 0.3) is 0 Å². The summed E-state index contributed by atoms with van der Waals surface area (Å²) in [7, 11) is 0. The number of nitrogens with zero attached hydrogens (tertiary/aromatic N) is 4. The van der Waals surface area contributed by atoms with E-state index < -0.39 is 0 Å². The molecule has 0 N–H and O–H groups in total. The van der Waals surface area contributed by atoms with Crippen LogP contribution in [-0.4, -0.2) is 67.8 Å². The van der Waals surface area contributed by atoms with Crippen LogP contribution >= 0.6 is 23.5 Å². The van der Waals surface area contributed by atoms with Crippen LogP contribution in [0.15, 0.2) is 6.33 Å². The average Bonchev–Trinajstić information content (AvgIpc) is 3.04. The highest BCUT2D eigenvalue weighted by molar-refractivity contribution is 8.07. The van der Waals surface area contributed by atoms with Crippen molar-refractivity contribution in [1.29, 1.82) is 0 Å². The van der Waals surface area contributed by atoms with E-state index in [-0.39, 0.29) is 17.3 Å². The number of hydrogen-bond acceptors (Lipinski definition) is 6. The van der Waals surface area contributed by atoms with Crippen molar-refractivity contribution in [3.8, 4) is 0 Å². The van der Waals surface area contributed by atoms with Crippen molar-refractivity contribution in [2.24, 2.45) is 0 Å². The lowest BCUT2D eigenvalue weighted by Crippen LogP contribution is -2.47. The summed E-state index contributed by atoms with van der Waals surface area (Å²) in [6, 6.07) is 0. The van der Waals surface area contributed by atoms with Crippen molar-refractivity contribution in [3.05, 3.63) is 12.2 Å². The zero-order chi connectivity index (χ0) is 14.7. The van der Waals surface area contributed by atoms with Crippen LogP contribution in [0.25, 0.3) is 0 Å². The van der Waals surface area contributed by atoms with Gasteiger partial charge in [-0.2, -0.15) is 11.8 Å². The third-order valence-corrected chi connectivity index (χ3v) is 6.49. The molecule has 1 aromatic heterocycles. The second kappa shape index (κ2) is 7.02. The highest BCUT2D eigenvalue weighted by Crippen LogP contribution is 2.28. The maximum Gasteiger partial charge on any atom is 0.236 e. The first-order valence-electron chi connectivity index (χ1n) is 7.27. The summed E-state index contributed by atoms with van der Waals surface area (Å²) in [4.78, 5) is 14.6. The number of amides is 1. The summed E-state index contributed by atoms with van der Waals surface area (Å²) >= 11 is 3.66. The van der Waals surface area contributed by atoms with Crippen LogP contribution in [0.1, 0.15) is 18.9 Å². The Morgan fingerprint density at radius 3 is 3.19 bits per heavy atom. The molecule has 1 amide bonds. The van der Waals surface area contributed by atoms with E-state index >= 15 is 0 Å². The van der Waals surface area contributed by atoms with E-state index in [1.54, 1.807) is 18.1 Å². The van der Waals surface area contributed by atoms with Crippen LogP contribution in [0.2, 0.25) is 0 Å². The summed E-state index contributed by atoms with van der Waals surface area (Å²) in [5, 5.41) is 8.21. The Balaban J connectivity index is 1.66. The number of thioether (sulfide) groups is 2. The molecule has 2 atom stereocenters. The number of ether oxygens (including phenoxy) is 1. The lowest BCUT2D eigenvalue weighted by Gasteiger charge is -2.35. The Kier molecular flexibility index (Phi) is 5.07. The Bertz CT molecular complexity index is 490. The number of carbonyl (C=O) groups excluding carboxylic acids is 1. The zero-order valence-corrected chi connectivity index (χ0v) is 13.7.